The van der Waals surface area contributed by atoms with Gasteiger partial charge in [-0.25, -0.2) is 0 Å². The molecule has 0 aliphatic carbocycles. The van der Waals surface area contributed by atoms with Gasteiger partial charge in [0.1, 0.15) is 0 Å². The first-order valence-electron chi connectivity index (χ1n) is 10.2. The SMILES string of the molecule is CC(C)CCCCCCCCCCC(=O)OCCCCC(C)C. The van der Waals surface area contributed by atoms with Gasteiger partial charge in [-0.05, 0) is 31.1 Å². The molecule has 0 aliphatic heterocycles. The summed E-state index contributed by atoms with van der Waals surface area (Å²) in [6.07, 6.45) is 15.7. The Morgan fingerprint density at radius 2 is 1.09 bits per heavy atom. The predicted molar refractivity (Wildman–Crippen MR) is 101 cm³/mol. The lowest BCUT2D eigenvalue weighted by atomic mass is 10.0. The van der Waals surface area contributed by atoms with E-state index in [-0.39, 0.29) is 5.97 Å². The number of carbonyl (C=O) groups is 1. The van der Waals surface area contributed by atoms with Crippen molar-refractivity contribution >= 4 is 5.97 Å². The molecule has 0 amide bonds. The summed E-state index contributed by atoms with van der Waals surface area (Å²) < 4.78 is 5.28. The van der Waals surface area contributed by atoms with Crippen LogP contribution in [0.25, 0.3) is 0 Å². The zero-order chi connectivity index (χ0) is 17.3. The van der Waals surface area contributed by atoms with Crippen molar-refractivity contribution in [3.05, 3.63) is 0 Å². The first-order chi connectivity index (χ1) is 11.0. The lowest BCUT2D eigenvalue weighted by Crippen LogP contribution is -2.05. The third kappa shape index (κ3) is 19.4. The Labute approximate surface area is 145 Å². The maximum Gasteiger partial charge on any atom is 0.305 e. The van der Waals surface area contributed by atoms with Gasteiger partial charge in [0, 0.05) is 6.42 Å². The third-order valence-corrected chi connectivity index (χ3v) is 4.35. The Morgan fingerprint density at radius 1 is 0.652 bits per heavy atom. The second-order valence-corrected chi connectivity index (χ2v) is 7.87. The number of ether oxygens (including phenoxy) is 1. The molecule has 23 heavy (non-hydrogen) atoms. The highest BCUT2D eigenvalue weighted by atomic mass is 16.5. The van der Waals surface area contributed by atoms with Crippen molar-refractivity contribution in [3.63, 3.8) is 0 Å². The standard InChI is InChI=1S/C21H42O2/c1-19(2)15-11-9-7-5-6-8-10-12-17-21(22)23-18-14-13-16-20(3)4/h19-20H,5-18H2,1-4H3. The molecule has 0 atom stereocenters. The first-order valence-corrected chi connectivity index (χ1v) is 10.2. The Bertz CT molecular complexity index is 259. The number of carbonyl (C=O) groups excluding carboxylic acids is 1. The summed E-state index contributed by atoms with van der Waals surface area (Å²) in [6.45, 7) is 9.69. The Kier molecular flexibility index (Phi) is 16.0. The van der Waals surface area contributed by atoms with Gasteiger partial charge in [0.25, 0.3) is 0 Å². The number of rotatable bonds is 16. The fourth-order valence-corrected chi connectivity index (χ4v) is 2.80. The third-order valence-electron chi connectivity index (χ3n) is 4.35. The van der Waals surface area contributed by atoms with E-state index in [2.05, 4.69) is 27.7 Å². The molecule has 0 aliphatic rings. The topological polar surface area (TPSA) is 26.3 Å². The molecule has 0 saturated carbocycles. The van der Waals surface area contributed by atoms with Crippen LogP contribution in [0.3, 0.4) is 0 Å². The van der Waals surface area contributed by atoms with E-state index >= 15 is 0 Å². The van der Waals surface area contributed by atoms with Crippen LogP contribution in [0.1, 0.15) is 111 Å². The van der Waals surface area contributed by atoms with E-state index in [9.17, 15) is 4.79 Å². The largest absolute Gasteiger partial charge is 0.466 e. The summed E-state index contributed by atoms with van der Waals surface area (Å²) in [6, 6.07) is 0. The van der Waals surface area contributed by atoms with Crippen LogP contribution >= 0.6 is 0 Å². The van der Waals surface area contributed by atoms with Crippen molar-refractivity contribution in [1.29, 1.82) is 0 Å². The number of hydrogen-bond donors (Lipinski definition) is 0. The van der Waals surface area contributed by atoms with Crippen molar-refractivity contribution in [3.8, 4) is 0 Å². The molecular weight excluding hydrogens is 284 g/mol. The normalized spacial score (nSPS) is 11.4. The monoisotopic (exact) mass is 326 g/mol. The van der Waals surface area contributed by atoms with E-state index < -0.39 is 0 Å². The predicted octanol–water partition coefficient (Wildman–Crippen LogP) is 6.91. The second-order valence-electron chi connectivity index (χ2n) is 7.87. The van der Waals surface area contributed by atoms with E-state index in [1.165, 1.54) is 64.2 Å². The van der Waals surface area contributed by atoms with Gasteiger partial charge >= 0.3 is 5.97 Å². The van der Waals surface area contributed by atoms with E-state index in [1.807, 2.05) is 0 Å². The van der Waals surface area contributed by atoms with Crippen LogP contribution in [0.15, 0.2) is 0 Å². The van der Waals surface area contributed by atoms with Crippen LogP contribution in [-0.4, -0.2) is 12.6 Å². The lowest BCUT2D eigenvalue weighted by molar-refractivity contribution is -0.143. The summed E-state index contributed by atoms with van der Waals surface area (Å²) in [5.74, 6) is 1.61. The fraction of sp³-hybridized carbons (Fsp3) is 0.952. The van der Waals surface area contributed by atoms with Crippen LogP contribution in [0.4, 0.5) is 0 Å². The summed E-state index contributed by atoms with van der Waals surface area (Å²) >= 11 is 0. The number of unbranched alkanes of at least 4 members (excludes halogenated alkanes) is 8. The average molecular weight is 327 g/mol. The zero-order valence-electron chi connectivity index (χ0n) is 16.4. The molecule has 0 rings (SSSR count). The van der Waals surface area contributed by atoms with Gasteiger partial charge in [-0.15, -0.1) is 0 Å². The van der Waals surface area contributed by atoms with Crippen molar-refractivity contribution in [1.82, 2.24) is 0 Å². The molecule has 0 bridgehead atoms. The highest BCUT2D eigenvalue weighted by molar-refractivity contribution is 5.69. The summed E-state index contributed by atoms with van der Waals surface area (Å²) in [4.78, 5) is 11.6. The molecule has 0 N–H and O–H groups in total. The Hall–Kier alpha value is -0.530. The van der Waals surface area contributed by atoms with Crippen LogP contribution in [0, 0.1) is 11.8 Å². The van der Waals surface area contributed by atoms with Gasteiger partial charge in [-0.2, -0.15) is 0 Å². The minimum atomic E-state index is 0.00299. The average Bonchev–Trinajstić information content (AvgIpc) is 2.48. The number of esters is 1. The van der Waals surface area contributed by atoms with E-state index in [0.29, 0.717) is 13.0 Å². The highest BCUT2D eigenvalue weighted by Crippen LogP contribution is 2.13. The molecule has 2 nitrogen and oxygen atoms in total. The van der Waals surface area contributed by atoms with Crippen molar-refractivity contribution in [2.75, 3.05) is 6.61 Å². The molecule has 0 heterocycles. The summed E-state index contributed by atoms with van der Waals surface area (Å²) in [5.41, 5.74) is 0. The molecular formula is C21H42O2. The van der Waals surface area contributed by atoms with Gasteiger partial charge in [-0.3, -0.25) is 4.79 Å². The second kappa shape index (κ2) is 16.3. The molecule has 0 aromatic carbocycles. The summed E-state index contributed by atoms with van der Waals surface area (Å²) in [5, 5.41) is 0. The minimum absolute atomic E-state index is 0.00299. The van der Waals surface area contributed by atoms with Crippen molar-refractivity contribution < 1.29 is 9.53 Å². The van der Waals surface area contributed by atoms with Gasteiger partial charge in [0.2, 0.25) is 0 Å². The highest BCUT2D eigenvalue weighted by Gasteiger charge is 2.03. The maximum atomic E-state index is 11.6. The molecule has 0 radical (unpaired) electrons. The van der Waals surface area contributed by atoms with Crippen LogP contribution in [-0.2, 0) is 9.53 Å². The van der Waals surface area contributed by atoms with E-state index in [4.69, 9.17) is 4.74 Å². The van der Waals surface area contributed by atoms with E-state index in [0.717, 1.165) is 24.7 Å². The van der Waals surface area contributed by atoms with Crippen molar-refractivity contribution in [2.24, 2.45) is 11.8 Å². The molecule has 0 saturated heterocycles. The molecule has 0 fully saturated rings. The lowest BCUT2D eigenvalue weighted by Gasteiger charge is -2.06. The summed E-state index contributed by atoms with van der Waals surface area (Å²) in [7, 11) is 0. The maximum absolute atomic E-state index is 11.6. The van der Waals surface area contributed by atoms with Gasteiger partial charge in [0.15, 0.2) is 0 Å². The molecule has 2 heteroatoms. The van der Waals surface area contributed by atoms with E-state index in [1.54, 1.807) is 0 Å². The smallest absolute Gasteiger partial charge is 0.305 e. The van der Waals surface area contributed by atoms with Crippen molar-refractivity contribution in [2.45, 2.75) is 111 Å². The quantitative estimate of drug-likeness (QED) is 0.227. The Balaban J connectivity index is 3.17. The molecule has 138 valence electrons. The van der Waals surface area contributed by atoms with Crippen LogP contribution < -0.4 is 0 Å². The Morgan fingerprint density at radius 3 is 1.61 bits per heavy atom. The molecule has 0 aromatic heterocycles. The van der Waals surface area contributed by atoms with Crippen LogP contribution in [0.5, 0.6) is 0 Å². The first kappa shape index (κ1) is 22.5. The molecule has 0 spiro atoms. The number of hydrogen-bond acceptors (Lipinski definition) is 2. The van der Waals surface area contributed by atoms with Crippen LogP contribution in [0.2, 0.25) is 0 Å². The van der Waals surface area contributed by atoms with Gasteiger partial charge in [-0.1, -0.05) is 85.5 Å². The molecule has 0 aromatic rings. The zero-order valence-corrected chi connectivity index (χ0v) is 16.4. The molecule has 0 unspecified atom stereocenters. The van der Waals surface area contributed by atoms with Gasteiger partial charge in [0.05, 0.1) is 6.61 Å². The fourth-order valence-electron chi connectivity index (χ4n) is 2.80. The minimum Gasteiger partial charge on any atom is -0.466 e. The van der Waals surface area contributed by atoms with Gasteiger partial charge < -0.3 is 4.74 Å².